The van der Waals surface area contributed by atoms with E-state index in [4.69, 9.17) is 5.73 Å². The zero-order valence-corrected chi connectivity index (χ0v) is 6.04. The van der Waals surface area contributed by atoms with Crippen molar-refractivity contribution in [1.82, 2.24) is 15.2 Å². The van der Waals surface area contributed by atoms with Gasteiger partial charge in [0.1, 0.15) is 12.2 Å². The van der Waals surface area contributed by atoms with E-state index in [2.05, 4.69) is 22.1 Å². The number of hydrogen-bond acceptors (Lipinski definition) is 3. The fourth-order valence-corrected chi connectivity index (χ4v) is 0.743. The third-order valence-corrected chi connectivity index (χ3v) is 1.41. The molecule has 1 unspecified atom stereocenters. The van der Waals surface area contributed by atoms with Gasteiger partial charge in [-0.25, -0.2) is 4.98 Å². The highest BCUT2D eigenvalue weighted by Gasteiger charge is 2.01. The molecule has 4 nitrogen and oxygen atoms in total. The molecule has 56 valence electrons. The summed E-state index contributed by atoms with van der Waals surface area (Å²) < 4.78 is 0. The maximum Gasteiger partial charge on any atom is 0.137 e. The molecular formula is C6H12N4. The van der Waals surface area contributed by atoms with Crippen molar-refractivity contribution in [2.75, 3.05) is 6.54 Å². The molecule has 0 aliphatic rings. The Morgan fingerprint density at radius 3 is 3.10 bits per heavy atom. The summed E-state index contributed by atoms with van der Waals surface area (Å²) in [5, 5.41) is 6.52. The molecule has 0 aliphatic carbocycles. The molecule has 3 N–H and O–H groups in total. The summed E-state index contributed by atoms with van der Waals surface area (Å²) in [6, 6.07) is 0. The molecule has 4 heteroatoms. The minimum Gasteiger partial charge on any atom is -0.330 e. The number of H-pyrrole nitrogens is 1. The lowest BCUT2D eigenvalue weighted by atomic mass is 10.1. The van der Waals surface area contributed by atoms with Crippen LogP contribution in [0.25, 0.3) is 0 Å². The molecule has 0 aliphatic heterocycles. The Morgan fingerprint density at radius 1 is 1.80 bits per heavy atom. The number of rotatable bonds is 3. The van der Waals surface area contributed by atoms with Crippen LogP contribution < -0.4 is 5.73 Å². The monoisotopic (exact) mass is 140 g/mol. The first kappa shape index (κ1) is 7.21. The lowest BCUT2D eigenvalue weighted by Gasteiger charge is -2.02. The SMILES string of the molecule is CC(CN)Cc1ncn[nH]1. The van der Waals surface area contributed by atoms with Crippen molar-refractivity contribution in [3.05, 3.63) is 12.2 Å². The second-order valence-electron chi connectivity index (χ2n) is 2.48. The molecule has 0 spiro atoms. The molecule has 0 amide bonds. The van der Waals surface area contributed by atoms with Gasteiger partial charge in [0.15, 0.2) is 0 Å². The van der Waals surface area contributed by atoms with Crippen molar-refractivity contribution in [2.45, 2.75) is 13.3 Å². The Morgan fingerprint density at radius 2 is 2.60 bits per heavy atom. The Bertz CT molecular complexity index is 170. The lowest BCUT2D eigenvalue weighted by Crippen LogP contribution is -2.13. The van der Waals surface area contributed by atoms with Gasteiger partial charge in [-0.05, 0) is 12.5 Å². The van der Waals surface area contributed by atoms with Gasteiger partial charge in [-0.1, -0.05) is 6.92 Å². The highest BCUT2D eigenvalue weighted by Crippen LogP contribution is 1.99. The van der Waals surface area contributed by atoms with Gasteiger partial charge in [0.25, 0.3) is 0 Å². The first-order valence-corrected chi connectivity index (χ1v) is 3.37. The van der Waals surface area contributed by atoms with Gasteiger partial charge in [0, 0.05) is 6.42 Å². The minimum atomic E-state index is 0.480. The standard InChI is InChI=1S/C6H12N4/c1-5(3-7)2-6-8-4-9-10-6/h4-5H,2-3,7H2,1H3,(H,8,9,10). The van der Waals surface area contributed by atoms with E-state index in [1.165, 1.54) is 6.33 Å². The molecule has 1 heterocycles. The second kappa shape index (κ2) is 3.31. The van der Waals surface area contributed by atoms with Crippen LogP contribution in [-0.4, -0.2) is 21.7 Å². The second-order valence-corrected chi connectivity index (χ2v) is 2.48. The normalized spacial score (nSPS) is 13.4. The van der Waals surface area contributed by atoms with Gasteiger partial charge in [-0.3, -0.25) is 5.10 Å². The summed E-state index contributed by atoms with van der Waals surface area (Å²) in [6.07, 6.45) is 2.40. The fraction of sp³-hybridized carbons (Fsp3) is 0.667. The fourth-order valence-electron chi connectivity index (χ4n) is 0.743. The van der Waals surface area contributed by atoms with Gasteiger partial charge in [-0.2, -0.15) is 5.10 Å². The molecule has 1 aromatic heterocycles. The Balaban J connectivity index is 2.40. The molecule has 10 heavy (non-hydrogen) atoms. The highest BCUT2D eigenvalue weighted by atomic mass is 15.2. The predicted octanol–water partition coefficient (Wildman–Crippen LogP) is -0.0580. The van der Waals surface area contributed by atoms with Crippen molar-refractivity contribution in [3.63, 3.8) is 0 Å². The summed E-state index contributed by atoms with van der Waals surface area (Å²) >= 11 is 0. The average Bonchev–Trinajstić information content (AvgIpc) is 2.40. The molecule has 0 saturated heterocycles. The zero-order chi connectivity index (χ0) is 7.40. The highest BCUT2D eigenvalue weighted by molar-refractivity contribution is 4.81. The molecule has 1 aromatic rings. The van der Waals surface area contributed by atoms with E-state index < -0.39 is 0 Å². The summed E-state index contributed by atoms with van der Waals surface area (Å²) in [4.78, 5) is 3.98. The summed E-state index contributed by atoms with van der Waals surface area (Å²) in [6.45, 7) is 2.78. The Kier molecular flexibility index (Phi) is 2.39. The van der Waals surface area contributed by atoms with Crippen LogP contribution in [0.2, 0.25) is 0 Å². The van der Waals surface area contributed by atoms with Crippen molar-refractivity contribution >= 4 is 0 Å². The smallest absolute Gasteiger partial charge is 0.137 e. The Hall–Kier alpha value is -0.900. The van der Waals surface area contributed by atoms with E-state index in [1.807, 2.05) is 0 Å². The van der Waals surface area contributed by atoms with Gasteiger partial charge in [0.2, 0.25) is 0 Å². The van der Waals surface area contributed by atoms with Crippen LogP contribution in [0.4, 0.5) is 0 Å². The van der Waals surface area contributed by atoms with Crippen molar-refractivity contribution in [3.8, 4) is 0 Å². The van der Waals surface area contributed by atoms with E-state index >= 15 is 0 Å². The van der Waals surface area contributed by atoms with Crippen molar-refractivity contribution in [1.29, 1.82) is 0 Å². The average molecular weight is 140 g/mol. The summed E-state index contributed by atoms with van der Waals surface area (Å²) in [5.41, 5.74) is 5.43. The van der Waals surface area contributed by atoms with Crippen LogP contribution in [0.1, 0.15) is 12.7 Å². The van der Waals surface area contributed by atoms with Crippen LogP contribution in [0, 0.1) is 5.92 Å². The predicted molar refractivity (Wildman–Crippen MR) is 38.3 cm³/mol. The molecule has 0 aromatic carbocycles. The lowest BCUT2D eigenvalue weighted by molar-refractivity contribution is 0.575. The molecule has 0 fully saturated rings. The molecular weight excluding hydrogens is 128 g/mol. The number of aromatic nitrogens is 3. The van der Waals surface area contributed by atoms with Gasteiger partial charge in [-0.15, -0.1) is 0 Å². The van der Waals surface area contributed by atoms with E-state index in [0.717, 1.165) is 12.2 Å². The van der Waals surface area contributed by atoms with Crippen molar-refractivity contribution in [2.24, 2.45) is 11.7 Å². The maximum atomic E-state index is 5.43. The van der Waals surface area contributed by atoms with Gasteiger partial charge < -0.3 is 5.73 Å². The first-order valence-electron chi connectivity index (χ1n) is 3.37. The largest absolute Gasteiger partial charge is 0.330 e. The van der Waals surface area contributed by atoms with Gasteiger partial charge >= 0.3 is 0 Å². The van der Waals surface area contributed by atoms with Crippen LogP contribution >= 0.6 is 0 Å². The third-order valence-electron chi connectivity index (χ3n) is 1.41. The number of hydrogen-bond donors (Lipinski definition) is 2. The number of nitrogens with zero attached hydrogens (tertiary/aromatic N) is 2. The van der Waals surface area contributed by atoms with Crippen molar-refractivity contribution < 1.29 is 0 Å². The molecule has 1 atom stereocenters. The van der Waals surface area contributed by atoms with Crippen LogP contribution in [0.15, 0.2) is 6.33 Å². The molecule has 0 radical (unpaired) electrons. The van der Waals surface area contributed by atoms with Crippen LogP contribution in [-0.2, 0) is 6.42 Å². The maximum absolute atomic E-state index is 5.43. The number of nitrogens with two attached hydrogens (primary N) is 1. The topological polar surface area (TPSA) is 67.6 Å². The van der Waals surface area contributed by atoms with E-state index in [-0.39, 0.29) is 0 Å². The summed E-state index contributed by atoms with van der Waals surface area (Å²) in [5.74, 6) is 1.39. The third kappa shape index (κ3) is 1.80. The molecule has 0 saturated carbocycles. The Labute approximate surface area is 59.8 Å². The van der Waals surface area contributed by atoms with E-state index in [1.54, 1.807) is 0 Å². The van der Waals surface area contributed by atoms with E-state index in [9.17, 15) is 0 Å². The van der Waals surface area contributed by atoms with Crippen LogP contribution in [0.5, 0.6) is 0 Å². The van der Waals surface area contributed by atoms with Gasteiger partial charge in [0.05, 0.1) is 0 Å². The van der Waals surface area contributed by atoms with E-state index in [0.29, 0.717) is 12.5 Å². The number of nitrogens with one attached hydrogen (secondary N) is 1. The molecule has 0 bridgehead atoms. The zero-order valence-electron chi connectivity index (χ0n) is 6.04. The van der Waals surface area contributed by atoms with Crippen LogP contribution in [0.3, 0.4) is 0 Å². The first-order chi connectivity index (χ1) is 4.83. The quantitative estimate of drug-likeness (QED) is 0.618. The minimum absolute atomic E-state index is 0.480. The summed E-state index contributed by atoms with van der Waals surface area (Å²) in [7, 11) is 0. The molecule has 1 rings (SSSR count). The number of aromatic amines is 1.